The first-order valence-electron chi connectivity index (χ1n) is 17.9. The van der Waals surface area contributed by atoms with Crippen LogP contribution in [-0.4, -0.2) is 38.2 Å². The van der Waals surface area contributed by atoms with Crippen LogP contribution in [0.15, 0.2) is 29.2 Å². The maximum Gasteiger partial charge on any atom is 0.326 e. The minimum Gasteiger partial charge on any atom is -0.458 e. The van der Waals surface area contributed by atoms with E-state index < -0.39 is 45.3 Å². The molecule has 1 aromatic carbocycles. The van der Waals surface area contributed by atoms with Crippen molar-refractivity contribution in [3.05, 3.63) is 29.8 Å². The second kappa shape index (κ2) is 10.8. The van der Waals surface area contributed by atoms with Crippen molar-refractivity contribution in [2.45, 2.75) is 135 Å². The van der Waals surface area contributed by atoms with Gasteiger partial charge in [-0.25, -0.2) is 0 Å². The summed E-state index contributed by atoms with van der Waals surface area (Å²) in [4.78, 5) is 28.9. The molecule has 0 unspecified atom stereocenters. The molecule has 8 aliphatic carbocycles. The Kier molecular flexibility index (Phi) is 7.65. The third kappa shape index (κ3) is 5.36. The van der Waals surface area contributed by atoms with E-state index in [9.17, 15) is 18.0 Å². The molecule has 8 fully saturated rings. The molecule has 1 aromatic rings. The van der Waals surface area contributed by atoms with E-state index in [-0.39, 0.29) is 15.7 Å². The van der Waals surface area contributed by atoms with Gasteiger partial charge < -0.3 is 9.47 Å². The first kappa shape index (κ1) is 32.6. The minimum atomic E-state index is -4.25. The fourth-order valence-electron chi connectivity index (χ4n) is 11.8. The monoisotopic (exact) mass is 654 g/mol. The zero-order chi connectivity index (χ0) is 32.9. The van der Waals surface area contributed by atoms with Gasteiger partial charge in [-0.15, -0.1) is 0 Å². The summed E-state index contributed by atoms with van der Waals surface area (Å²) in [5.41, 5.74) is -3.00. The summed E-state index contributed by atoms with van der Waals surface area (Å²) in [5, 5.41) is 0. The summed E-state index contributed by atoms with van der Waals surface area (Å²) in [6.45, 7) is 10.6. The van der Waals surface area contributed by atoms with Gasteiger partial charge in [0.15, 0.2) is 5.41 Å². The van der Waals surface area contributed by atoms with Crippen molar-refractivity contribution in [2.75, 3.05) is 6.61 Å². The van der Waals surface area contributed by atoms with Crippen LogP contribution < -0.4 is 0 Å². The molecule has 8 heteroatoms. The topological polar surface area (TPSA) is 96.0 Å². The number of carbonyl (C=O) groups excluding carboxylic acids is 2. The highest BCUT2D eigenvalue weighted by Gasteiger charge is 2.62. The number of aryl methyl sites for hydroxylation is 1. The van der Waals surface area contributed by atoms with Crippen molar-refractivity contribution in [1.82, 2.24) is 0 Å². The van der Waals surface area contributed by atoms with Crippen molar-refractivity contribution < 1.29 is 31.7 Å². The third-order valence-electron chi connectivity index (χ3n) is 14.0. The molecule has 0 heterocycles. The van der Waals surface area contributed by atoms with E-state index in [1.54, 1.807) is 12.1 Å². The Bertz CT molecular complexity index is 1350. The number of benzene rings is 1. The van der Waals surface area contributed by atoms with E-state index in [4.69, 9.17) is 13.7 Å². The molecule has 0 spiro atoms. The average molecular weight is 655 g/mol. The van der Waals surface area contributed by atoms with Crippen molar-refractivity contribution in [1.29, 1.82) is 0 Å². The lowest BCUT2D eigenvalue weighted by Crippen LogP contribution is -2.60. The van der Waals surface area contributed by atoms with Crippen molar-refractivity contribution in [2.24, 2.45) is 51.8 Å². The lowest BCUT2D eigenvalue weighted by atomic mass is 9.46. The number of hydrogen-bond acceptors (Lipinski definition) is 7. The summed E-state index contributed by atoms with van der Waals surface area (Å²) in [6, 6.07) is 6.34. The van der Waals surface area contributed by atoms with Crippen LogP contribution in [0.2, 0.25) is 0 Å². The Morgan fingerprint density at radius 3 is 1.30 bits per heavy atom. The summed E-state index contributed by atoms with van der Waals surface area (Å²) in [7, 11) is -4.25. The van der Waals surface area contributed by atoms with Crippen LogP contribution in [-0.2, 0) is 33.4 Å². The third-order valence-corrected chi connectivity index (χ3v) is 15.3. The van der Waals surface area contributed by atoms with Gasteiger partial charge in [0.05, 0.1) is 11.5 Å². The number of rotatable bonds is 10. The molecule has 0 aliphatic heterocycles. The predicted molar refractivity (Wildman–Crippen MR) is 174 cm³/mol. The maximum absolute atomic E-state index is 14.4. The summed E-state index contributed by atoms with van der Waals surface area (Å²) < 4.78 is 45.1. The van der Waals surface area contributed by atoms with E-state index in [2.05, 4.69) is 0 Å². The highest BCUT2D eigenvalue weighted by molar-refractivity contribution is 7.86. The second-order valence-corrected chi connectivity index (χ2v) is 19.7. The summed E-state index contributed by atoms with van der Waals surface area (Å²) in [5.74, 6) is 2.41. The zero-order valence-corrected chi connectivity index (χ0v) is 29.5. The zero-order valence-electron chi connectivity index (χ0n) is 28.7. The lowest BCUT2D eigenvalue weighted by Gasteiger charge is -2.62. The standard InChI is InChI=1S/C38H54O7S/c1-24-7-9-31(10-8-24)46(41,42)43-23-36(6,32(39)44-34(2,3)37-17-25-11-26(18-37)13-27(12-25)19-37)33(40)45-35(4,5)38-20-28-14-29(21-38)16-30(15-28)22-38/h7-10,25-30H,11-23H2,1-6H3. The molecular formula is C38H54O7S. The van der Waals surface area contributed by atoms with Crippen LogP contribution in [0.3, 0.4) is 0 Å². The molecule has 254 valence electrons. The fraction of sp³-hybridized carbons (Fsp3) is 0.789. The average Bonchev–Trinajstić information content (AvgIpc) is 2.94. The largest absolute Gasteiger partial charge is 0.458 e. The SMILES string of the molecule is Cc1ccc(S(=O)(=O)OCC(C)(C(=O)OC(C)(C)C23CC4CC(CC(C4)C2)C3)C(=O)OC(C)(C)C23CC4CC(CC(C4)C2)C3)cc1. The molecule has 9 rings (SSSR count). The van der Waals surface area contributed by atoms with E-state index in [1.807, 2.05) is 34.6 Å². The highest BCUT2D eigenvalue weighted by atomic mass is 32.2. The van der Waals surface area contributed by atoms with Gasteiger partial charge in [0.25, 0.3) is 10.1 Å². The van der Waals surface area contributed by atoms with Gasteiger partial charge in [0.1, 0.15) is 11.2 Å². The van der Waals surface area contributed by atoms with Crippen LogP contribution in [0, 0.1) is 58.7 Å². The quantitative estimate of drug-likeness (QED) is 0.144. The van der Waals surface area contributed by atoms with E-state index >= 15 is 0 Å². The predicted octanol–water partition coefficient (Wildman–Crippen LogP) is 7.78. The first-order valence-corrected chi connectivity index (χ1v) is 19.3. The molecule has 0 aromatic heterocycles. The van der Waals surface area contributed by atoms with Crippen molar-refractivity contribution >= 4 is 22.1 Å². The summed E-state index contributed by atoms with van der Waals surface area (Å²) in [6.07, 6.45) is 13.7. The van der Waals surface area contributed by atoms with Crippen molar-refractivity contribution in [3.8, 4) is 0 Å². The van der Waals surface area contributed by atoms with Gasteiger partial charge in [0.2, 0.25) is 0 Å². The van der Waals surface area contributed by atoms with Gasteiger partial charge in [0, 0.05) is 10.8 Å². The Morgan fingerprint density at radius 1 is 0.652 bits per heavy atom. The van der Waals surface area contributed by atoms with Crippen LogP contribution >= 0.6 is 0 Å². The van der Waals surface area contributed by atoms with E-state index in [1.165, 1.54) is 57.6 Å². The molecule has 0 amide bonds. The highest BCUT2D eigenvalue weighted by Crippen LogP contribution is 2.66. The Balaban J connectivity index is 1.16. The van der Waals surface area contributed by atoms with Gasteiger partial charge in [-0.2, -0.15) is 8.42 Å². The summed E-state index contributed by atoms with van der Waals surface area (Å²) >= 11 is 0. The van der Waals surface area contributed by atoms with Crippen LogP contribution in [0.5, 0.6) is 0 Å². The number of hydrogen-bond donors (Lipinski definition) is 0. The molecule has 7 nitrogen and oxygen atoms in total. The molecular weight excluding hydrogens is 600 g/mol. The molecule has 8 bridgehead atoms. The molecule has 0 atom stereocenters. The van der Waals surface area contributed by atoms with E-state index in [0.29, 0.717) is 35.5 Å². The molecule has 0 radical (unpaired) electrons. The second-order valence-electron chi connectivity index (χ2n) is 18.1. The Labute approximate surface area is 276 Å². The van der Waals surface area contributed by atoms with Crippen LogP contribution in [0.4, 0.5) is 0 Å². The first-order chi connectivity index (χ1) is 21.4. The molecule has 46 heavy (non-hydrogen) atoms. The van der Waals surface area contributed by atoms with E-state index in [0.717, 1.165) is 44.1 Å². The Hall–Kier alpha value is -1.93. The molecule has 8 aliphatic rings. The number of ether oxygens (including phenoxy) is 2. The van der Waals surface area contributed by atoms with Crippen LogP contribution in [0.1, 0.15) is 117 Å². The van der Waals surface area contributed by atoms with Gasteiger partial charge in [-0.05, 0) is 166 Å². The van der Waals surface area contributed by atoms with Gasteiger partial charge >= 0.3 is 11.9 Å². The number of esters is 2. The Morgan fingerprint density at radius 2 is 0.978 bits per heavy atom. The molecule has 0 N–H and O–H groups in total. The molecule has 0 saturated heterocycles. The van der Waals surface area contributed by atoms with Gasteiger partial charge in [-0.1, -0.05) is 17.7 Å². The normalized spacial score (nSPS) is 37.6. The number of carbonyl (C=O) groups is 2. The smallest absolute Gasteiger partial charge is 0.326 e. The molecule has 8 saturated carbocycles. The van der Waals surface area contributed by atoms with Crippen LogP contribution in [0.25, 0.3) is 0 Å². The minimum absolute atomic E-state index is 0.0232. The van der Waals surface area contributed by atoms with Gasteiger partial charge in [-0.3, -0.25) is 13.8 Å². The van der Waals surface area contributed by atoms with Crippen molar-refractivity contribution in [3.63, 3.8) is 0 Å². The lowest BCUT2D eigenvalue weighted by molar-refractivity contribution is -0.222. The fourth-order valence-corrected chi connectivity index (χ4v) is 12.8. The maximum atomic E-state index is 14.4.